The Balaban J connectivity index is 1.86. The van der Waals surface area contributed by atoms with Crippen LogP contribution in [0.1, 0.15) is 27.9 Å². The zero-order valence-corrected chi connectivity index (χ0v) is 13.4. The van der Waals surface area contributed by atoms with Crippen LogP contribution in [-0.4, -0.2) is 23.6 Å². The molecule has 1 aliphatic rings. The number of fused-ring (bicyclic) bond motifs is 1. The van der Waals surface area contributed by atoms with Crippen molar-refractivity contribution < 1.29 is 14.8 Å². The van der Waals surface area contributed by atoms with Crippen LogP contribution in [0.4, 0.5) is 11.4 Å². The third kappa shape index (κ3) is 3.23. The zero-order valence-electron chi connectivity index (χ0n) is 13.4. The van der Waals surface area contributed by atoms with Gasteiger partial charge in [-0.3, -0.25) is 14.8 Å². The molecule has 6 heteroatoms. The summed E-state index contributed by atoms with van der Waals surface area (Å²) in [5, 5.41) is 11.6. The SMILES string of the molecule is Cc1cccc2c1NC(=O)CCN2Cc1ccc(C(=O)NO)cc1. The highest BCUT2D eigenvalue weighted by Crippen LogP contribution is 2.32. The smallest absolute Gasteiger partial charge is 0.274 e. The average molecular weight is 325 g/mol. The molecule has 0 aromatic heterocycles. The second kappa shape index (κ2) is 6.72. The predicted octanol–water partition coefficient (Wildman–Crippen LogP) is 2.46. The number of para-hydroxylation sites is 1. The van der Waals surface area contributed by atoms with E-state index in [4.69, 9.17) is 5.21 Å². The van der Waals surface area contributed by atoms with Crippen LogP contribution >= 0.6 is 0 Å². The number of benzene rings is 2. The molecule has 0 saturated carbocycles. The quantitative estimate of drug-likeness (QED) is 0.598. The molecule has 2 aromatic rings. The lowest BCUT2D eigenvalue weighted by Crippen LogP contribution is -2.24. The third-order valence-electron chi connectivity index (χ3n) is 4.16. The lowest BCUT2D eigenvalue weighted by atomic mass is 10.1. The first-order valence-electron chi connectivity index (χ1n) is 7.76. The van der Waals surface area contributed by atoms with Gasteiger partial charge < -0.3 is 10.2 Å². The first-order chi connectivity index (χ1) is 11.6. The number of rotatable bonds is 3. The predicted molar refractivity (Wildman–Crippen MR) is 91.2 cm³/mol. The van der Waals surface area contributed by atoms with Crippen LogP contribution in [0.2, 0.25) is 0 Å². The Hall–Kier alpha value is -2.86. The van der Waals surface area contributed by atoms with Gasteiger partial charge in [0, 0.05) is 25.1 Å². The fourth-order valence-electron chi connectivity index (χ4n) is 2.85. The van der Waals surface area contributed by atoms with Crippen molar-refractivity contribution in [1.29, 1.82) is 0 Å². The van der Waals surface area contributed by atoms with Crippen molar-refractivity contribution in [3.63, 3.8) is 0 Å². The number of carbonyl (C=O) groups is 2. The monoisotopic (exact) mass is 325 g/mol. The van der Waals surface area contributed by atoms with Crippen LogP contribution in [0.25, 0.3) is 0 Å². The summed E-state index contributed by atoms with van der Waals surface area (Å²) in [7, 11) is 0. The molecule has 124 valence electrons. The van der Waals surface area contributed by atoms with E-state index in [1.807, 2.05) is 37.3 Å². The minimum absolute atomic E-state index is 0.0167. The highest BCUT2D eigenvalue weighted by molar-refractivity contribution is 5.97. The molecule has 0 saturated heterocycles. The zero-order chi connectivity index (χ0) is 17.1. The van der Waals surface area contributed by atoms with E-state index in [-0.39, 0.29) is 5.91 Å². The van der Waals surface area contributed by atoms with Crippen LogP contribution in [0.15, 0.2) is 42.5 Å². The second-order valence-electron chi connectivity index (χ2n) is 5.83. The summed E-state index contributed by atoms with van der Waals surface area (Å²) in [5.74, 6) is -0.518. The number of amides is 2. The van der Waals surface area contributed by atoms with Gasteiger partial charge in [0.1, 0.15) is 0 Å². The fourth-order valence-corrected chi connectivity index (χ4v) is 2.85. The summed E-state index contributed by atoms with van der Waals surface area (Å²) in [6, 6.07) is 13.0. The normalized spacial score (nSPS) is 13.8. The largest absolute Gasteiger partial charge is 0.365 e. The van der Waals surface area contributed by atoms with Gasteiger partial charge in [-0.25, -0.2) is 5.48 Å². The van der Waals surface area contributed by atoms with Gasteiger partial charge in [-0.05, 0) is 36.2 Å². The molecule has 6 nitrogen and oxygen atoms in total. The highest BCUT2D eigenvalue weighted by Gasteiger charge is 2.20. The molecule has 2 aromatic carbocycles. The number of hydroxylamine groups is 1. The standard InChI is InChI=1S/C18H19N3O3/c1-12-3-2-4-15-17(12)19-16(22)9-10-21(15)11-13-5-7-14(8-6-13)18(23)20-24/h2-8,24H,9-11H2,1H3,(H,19,22)(H,20,23). The average Bonchev–Trinajstić information content (AvgIpc) is 2.75. The van der Waals surface area contributed by atoms with Crippen molar-refractivity contribution in [3.8, 4) is 0 Å². The molecule has 24 heavy (non-hydrogen) atoms. The Morgan fingerprint density at radius 2 is 2.00 bits per heavy atom. The summed E-state index contributed by atoms with van der Waals surface area (Å²) < 4.78 is 0. The molecule has 0 aliphatic carbocycles. The number of nitrogens with one attached hydrogen (secondary N) is 2. The van der Waals surface area contributed by atoms with Crippen LogP contribution in [0, 0.1) is 6.92 Å². The molecule has 3 rings (SSSR count). The van der Waals surface area contributed by atoms with Crippen molar-refractivity contribution in [2.24, 2.45) is 0 Å². The summed E-state index contributed by atoms with van der Waals surface area (Å²) in [6.45, 7) is 3.23. The third-order valence-corrected chi connectivity index (χ3v) is 4.16. The molecule has 1 aliphatic heterocycles. The van der Waals surface area contributed by atoms with E-state index < -0.39 is 5.91 Å². The minimum Gasteiger partial charge on any atom is -0.365 e. The van der Waals surface area contributed by atoms with Crippen molar-refractivity contribution in [3.05, 3.63) is 59.2 Å². The molecular formula is C18H19N3O3. The summed E-state index contributed by atoms with van der Waals surface area (Å²) >= 11 is 0. The minimum atomic E-state index is -0.535. The number of nitrogens with zero attached hydrogens (tertiary/aromatic N) is 1. The number of carbonyl (C=O) groups excluding carboxylic acids is 2. The second-order valence-corrected chi connectivity index (χ2v) is 5.83. The van der Waals surface area contributed by atoms with Gasteiger partial charge in [0.05, 0.1) is 11.4 Å². The Bertz CT molecular complexity index is 772. The van der Waals surface area contributed by atoms with E-state index in [2.05, 4.69) is 10.2 Å². The molecule has 3 N–H and O–H groups in total. The molecule has 0 radical (unpaired) electrons. The number of anilines is 2. The molecule has 0 unspecified atom stereocenters. The van der Waals surface area contributed by atoms with Gasteiger partial charge in [0.2, 0.25) is 5.91 Å². The van der Waals surface area contributed by atoms with Gasteiger partial charge in [0.15, 0.2) is 0 Å². The lowest BCUT2D eigenvalue weighted by Gasteiger charge is -2.25. The van der Waals surface area contributed by atoms with Gasteiger partial charge >= 0.3 is 0 Å². The van der Waals surface area contributed by atoms with E-state index in [1.165, 1.54) is 0 Å². The first kappa shape index (κ1) is 16.0. The van der Waals surface area contributed by atoms with Crippen LogP contribution in [0.3, 0.4) is 0 Å². The maximum atomic E-state index is 11.9. The van der Waals surface area contributed by atoms with Gasteiger partial charge in [-0.1, -0.05) is 24.3 Å². The van der Waals surface area contributed by atoms with E-state index in [1.54, 1.807) is 17.6 Å². The van der Waals surface area contributed by atoms with Crippen molar-refractivity contribution in [1.82, 2.24) is 5.48 Å². The van der Waals surface area contributed by atoms with Crippen LogP contribution in [-0.2, 0) is 11.3 Å². The van der Waals surface area contributed by atoms with Crippen molar-refractivity contribution in [2.45, 2.75) is 19.9 Å². The van der Waals surface area contributed by atoms with E-state index >= 15 is 0 Å². The summed E-state index contributed by atoms with van der Waals surface area (Å²) in [5.41, 5.74) is 5.92. The van der Waals surface area contributed by atoms with E-state index in [0.717, 1.165) is 22.5 Å². The topological polar surface area (TPSA) is 81.7 Å². The van der Waals surface area contributed by atoms with Crippen molar-refractivity contribution >= 4 is 23.2 Å². The Morgan fingerprint density at radius 1 is 1.25 bits per heavy atom. The molecule has 0 fully saturated rings. The molecule has 0 atom stereocenters. The maximum absolute atomic E-state index is 11.9. The molecule has 1 heterocycles. The summed E-state index contributed by atoms with van der Waals surface area (Å²) in [4.78, 5) is 25.5. The van der Waals surface area contributed by atoms with E-state index in [0.29, 0.717) is 25.1 Å². The van der Waals surface area contributed by atoms with Gasteiger partial charge in [0.25, 0.3) is 5.91 Å². The Morgan fingerprint density at radius 3 is 2.71 bits per heavy atom. The Labute approximate surface area is 140 Å². The van der Waals surface area contributed by atoms with E-state index in [9.17, 15) is 9.59 Å². The molecule has 0 spiro atoms. The van der Waals surface area contributed by atoms with Gasteiger partial charge in [-0.15, -0.1) is 0 Å². The number of aryl methyl sites for hydroxylation is 1. The Kier molecular flexibility index (Phi) is 4.48. The molecule has 2 amide bonds. The summed E-state index contributed by atoms with van der Waals surface area (Å²) in [6.07, 6.45) is 0.430. The first-order valence-corrected chi connectivity index (χ1v) is 7.76. The number of hydrogen-bond donors (Lipinski definition) is 3. The molecular weight excluding hydrogens is 306 g/mol. The fraction of sp³-hybridized carbons (Fsp3) is 0.222. The molecule has 0 bridgehead atoms. The van der Waals surface area contributed by atoms with Gasteiger partial charge in [-0.2, -0.15) is 0 Å². The van der Waals surface area contributed by atoms with Crippen LogP contribution in [0.5, 0.6) is 0 Å². The number of hydrogen-bond acceptors (Lipinski definition) is 4. The highest BCUT2D eigenvalue weighted by atomic mass is 16.5. The van der Waals surface area contributed by atoms with Crippen LogP contribution < -0.4 is 15.7 Å². The lowest BCUT2D eigenvalue weighted by molar-refractivity contribution is -0.116. The van der Waals surface area contributed by atoms with Crippen molar-refractivity contribution in [2.75, 3.05) is 16.8 Å². The maximum Gasteiger partial charge on any atom is 0.274 e.